The molecule has 0 fully saturated rings. The van der Waals surface area contributed by atoms with Gasteiger partial charge in [0.25, 0.3) is 0 Å². The minimum Gasteiger partial charge on any atom is -0.444 e. The van der Waals surface area contributed by atoms with Gasteiger partial charge in [-0.15, -0.1) is 0 Å². The molecule has 104 valence electrons. The lowest BCUT2D eigenvalue weighted by molar-refractivity contribution is 0.0518. The van der Waals surface area contributed by atoms with E-state index in [1.807, 2.05) is 30.3 Å². The SMILES string of the molecule is CC(C)(C)OC(=O)NC(/C=N\O)Cc1ccccc1. The van der Waals surface area contributed by atoms with Gasteiger partial charge in [0.05, 0.1) is 12.3 Å². The van der Waals surface area contributed by atoms with E-state index in [1.165, 1.54) is 6.21 Å². The number of rotatable bonds is 4. The molecule has 0 heterocycles. The van der Waals surface area contributed by atoms with Crippen LogP contribution in [-0.4, -0.2) is 29.2 Å². The van der Waals surface area contributed by atoms with Crippen LogP contribution in [0.4, 0.5) is 4.79 Å². The van der Waals surface area contributed by atoms with Crippen LogP contribution in [0.25, 0.3) is 0 Å². The van der Waals surface area contributed by atoms with Crippen molar-refractivity contribution in [2.75, 3.05) is 0 Å². The molecule has 0 aliphatic rings. The molecule has 5 nitrogen and oxygen atoms in total. The first-order valence-electron chi connectivity index (χ1n) is 6.12. The highest BCUT2D eigenvalue weighted by Gasteiger charge is 2.18. The molecule has 1 aromatic rings. The summed E-state index contributed by atoms with van der Waals surface area (Å²) < 4.78 is 5.16. The molecular formula is C14H20N2O3. The van der Waals surface area contributed by atoms with Gasteiger partial charge in [0.15, 0.2) is 0 Å². The highest BCUT2D eigenvalue weighted by atomic mass is 16.6. The molecule has 1 aromatic carbocycles. The topological polar surface area (TPSA) is 70.9 Å². The van der Waals surface area contributed by atoms with Crippen LogP contribution in [-0.2, 0) is 11.2 Å². The van der Waals surface area contributed by atoms with E-state index in [-0.39, 0.29) is 0 Å². The fraction of sp³-hybridized carbons (Fsp3) is 0.429. The Labute approximate surface area is 113 Å². The Morgan fingerprint density at radius 2 is 2.05 bits per heavy atom. The van der Waals surface area contributed by atoms with Crippen LogP contribution < -0.4 is 5.32 Å². The van der Waals surface area contributed by atoms with Crippen molar-refractivity contribution in [1.29, 1.82) is 0 Å². The highest BCUT2D eigenvalue weighted by Crippen LogP contribution is 2.08. The van der Waals surface area contributed by atoms with E-state index in [9.17, 15) is 4.79 Å². The van der Waals surface area contributed by atoms with Gasteiger partial charge in [0.1, 0.15) is 5.60 Å². The van der Waals surface area contributed by atoms with Crippen LogP contribution in [0.2, 0.25) is 0 Å². The lowest BCUT2D eigenvalue weighted by atomic mass is 10.1. The first-order chi connectivity index (χ1) is 8.90. The molecule has 0 aliphatic heterocycles. The fourth-order valence-electron chi connectivity index (χ4n) is 1.55. The van der Waals surface area contributed by atoms with E-state index in [0.29, 0.717) is 6.42 Å². The third-order valence-electron chi connectivity index (χ3n) is 2.25. The number of carbonyl (C=O) groups excluding carboxylic acids is 1. The predicted octanol–water partition coefficient (Wildman–Crippen LogP) is 2.58. The van der Waals surface area contributed by atoms with Crippen LogP contribution in [0.1, 0.15) is 26.3 Å². The van der Waals surface area contributed by atoms with E-state index in [0.717, 1.165) is 5.56 Å². The molecule has 1 unspecified atom stereocenters. The van der Waals surface area contributed by atoms with Gasteiger partial charge in [-0.25, -0.2) is 4.79 Å². The van der Waals surface area contributed by atoms with E-state index in [4.69, 9.17) is 9.94 Å². The van der Waals surface area contributed by atoms with Crippen molar-refractivity contribution in [3.63, 3.8) is 0 Å². The second kappa shape index (κ2) is 6.78. The number of benzene rings is 1. The Balaban J connectivity index is 2.61. The largest absolute Gasteiger partial charge is 0.444 e. The van der Waals surface area contributed by atoms with Crippen LogP contribution in [0.5, 0.6) is 0 Å². The van der Waals surface area contributed by atoms with Crippen LogP contribution in [0, 0.1) is 0 Å². The van der Waals surface area contributed by atoms with Crippen molar-refractivity contribution >= 4 is 12.3 Å². The van der Waals surface area contributed by atoms with Gasteiger partial charge in [-0.1, -0.05) is 35.5 Å². The molecule has 1 rings (SSSR count). The lowest BCUT2D eigenvalue weighted by Gasteiger charge is -2.22. The first kappa shape index (κ1) is 15.0. The third-order valence-corrected chi connectivity index (χ3v) is 2.25. The second-order valence-corrected chi connectivity index (χ2v) is 5.21. The van der Waals surface area contributed by atoms with Crippen molar-refractivity contribution < 1.29 is 14.7 Å². The second-order valence-electron chi connectivity index (χ2n) is 5.21. The van der Waals surface area contributed by atoms with Crippen LogP contribution >= 0.6 is 0 Å². The maximum absolute atomic E-state index is 11.7. The van der Waals surface area contributed by atoms with E-state index in [2.05, 4.69) is 10.5 Å². The van der Waals surface area contributed by atoms with E-state index >= 15 is 0 Å². The maximum atomic E-state index is 11.7. The zero-order chi connectivity index (χ0) is 14.3. The summed E-state index contributed by atoms with van der Waals surface area (Å²) in [5, 5.41) is 14.3. The number of nitrogens with one attached hydrogen (secondary N) is 1. The number of nitrogens with zero attached hydrogens (tertiary/aromatic N) is 1. The summed E-state index contributed by atoms with van der Waals surface area (Å²) in [4.78, 5) is 11.7. The van der Waals surface area contributed by atoms with Crippen LogP contribution in [0.15, 0.2) is 35.5 Å². The normalized spacial score (nSPS) is 13.2. The molecule has 1 atom stereocenters. The maximum Gasteiger partial charge on any atom is 0.408 e. The summed E-state index contributed by atoms with van der Waals surface area (Å²) in [6.07, 6.45) is 1.27. The number of alkyl carbamates (subject to hydrolysis) is 1. The Hall–Kier alpha value is -2.04. The minimum atomic E-state index is -0.558. The minimum absolute atomic E-state index is 0.415. The molecule has 5 heteroatoms. The molecule has 1 amide bonds. The molecule has 0 spiro atoms. The van der Waals surface area contributed by atoms with Crippen LogP contribution in [0.3, 0.4) is 0 Å². The standard InChI is InChI=1S/C14H20N2O3/c1-14(2,3)19-13(17)16-12(10-15-18)9-11-7-5-4-6-8-11/h4-8,10,12,18H,9H2,1-3H3,(H,16,17)/b15-10-. The van der Waals surface area contributed by atoms with Crippen molar-refractivity contribution in [3.8, 4) is 0 Å². The number of amides is 1. The van der Waals surface area contributed by atoms with Gasteiger partial charge in [-0.2, -0.15) is 0 Å². The number of hydrogen-bond donors (Lipinski definition) is 2. The Morgan fingerprint density at radius 1 is 1.42 bits per heavy atom. The lowest BCUT2D eigenvalue weighted by Crippen LogP contribution is -2.41. The quantitative estimate of drug-likeness (QED) is 0.499. The molecule has 0 bridgehead atoms. The third kappa shape index (κ3) is 6.45. The zero-order valence-electron chi connectivity index (χ0n) is 11.5. The monoisotopic (exact) mass is 264 g/mol. The number of oxime groups is 1. The number of hydrogen-bond acceptors (Lipinski definition) is 4. The first-order valence-corrected chi connectivity index (χ1v) is 6.12. The van der Waals surface area contributed by atoms with Gasteiger partial charge < -0.3 is 15.3 Å². The van der Waals surface area contributed by atoms with Crippen molar-refractivity contribution in [2.24, 2.45) is 5.16 Å². The van der Waals surface area contributed by atoms with Crippen molar-refractivity contribution in [2.45, 2.75) is 38.8 Å². The fourth-order valence-corrected chi connectivity index (χ4v) is 1.55. The van der Waals surface area contributed by atoms with E-state index < -0.39 is 17.7 Å². The summed E-state index contributed by atoms with van der Waals surface area (Å²) in [5.74, 6) is 0. The molecule has 19 heavy (non-hydrogen) atoms. The van der Waals surface area contributed by atoms with E-state index in [1.54, 1.807) is 20.8 Å². The summed E-state index contributed by atoms with van der Waals surface area (Å²) in [5.41, 5.74) is 0.473. The molecule has 0 saturated heterocycles. The predicted molar refractivity (Wildman–Crippen MR) is 73.6 cm³/mol. The van der Waals surface area contributed by atoms with Gasteiger partial charge >= 0.3 is 6.09 Å². The Morgan fingerprint density at radius 3 is 2.58 bits per heavy atom. The summed E-state index contributed by atoms with van der Waals surface area (Å²) in [7, 11) is 0. The number of carbonyl (C=O) groups is 1. The smallest absolute Gasteiger partial charge is 0.408 e. The summed E-state index contributed by atoms with van der Waals surface area (Å²) in [6.45, 7) is 5.37. The molecule has 2 N–H and O–H groups in total. The van der Waals surface area contributed by atoms with Crippen molar-refractivity contribution in [1.82, 2.24) is 5.32 Å². The Bertz CT molecular complexity index is 424. The number of ether oxygens (including phenoxy) is 1. The molecule has 0 saturated carbocycles. The molecule has 0 radical (unpaired) electrons. The Kier molecular flexibility index (Phi) is 5.36. The van der Waals surface area contributed by atoms with Gasteiger partial charge in [-0.05, 0) is 32.8 Å². The summed E-state index contributed by atoms with van der Waals surface area (Å²) in [6, 6.07) is 9.21. The van der Waals surface area contributed by atoms with Gasteiger partial charge in [-0.3, -0.25) is 0 Å². The summed E-state index contributed by atoms with van der Waals surface area (Å²) >= 11 is 0. The zero-order valence-corrected chi connectivity index (χ0v) is 11.5. The van der Waals surface area contributed by atoms with Crippen molar-refractivity contribution in [3.05, 3.63) is 35.9 Å². The van der Waals surface area contributed by atoms with Gasteiger partial charge in [0.2, 0.25) is 0 Å². The van der Waals surface area contributed by atoms with Gasteiger partial charge in [0, 0.05) is 0 Å². The average molecular weight is 264 g/mol. The molecular weight excluding hydrogens is 244 g/mol. The highest BCUT2D eigenvalue weighted by molar-refractivity contribution is 5.75. The molecule has 0 aromatic heterocycles. The molecule has 0 aliphatic carbocycles. The average Bonchev–Trinajstić information content (AvgIpc) is 2.27.